The van der Waals surface area contributed by atoms with Crippen LogP contribution in [-0.4, -0.2) is 17.0 Å². The highest BCUT2D eigenvalue weighted by Gasteiger charge is 2.40. The van der Waals surface area contributed by atoms with E-state index in [1.165, 1.54) is 96.3 Å². The highest BCUT2D eigenvalue weighted by molar-refractivity contribution is 5.73. The molecule has 0 aromatic rings. The van der Waals surface area contributed by atoms with Crippen molar-refractivity contribution in [2.75, 3.05) is 0 Å². The van der Waals surface area contributed by atoms with Crippen molar-refractivity contribution in [2.45, 2.75) is 154 Å². The second kappa shape index (κ2) is 15.3. The van der Waals surface area contributed by atoms with Crippen LogP contribution in [0.5, 0.6) is 0 Å². The molecule has 1 amide bonds. The van der Waals surface area contributed by atoms with E-state index >= 15 is 0 Å². The quantitative estimate of drug-likeness (QED) is 0.301. The SMILES string of the molecule is CC1CCCC(N)(CC2(N)CCCC(C)C2)C1.CCCCCCCCCCCC(N)=O. The first-order valence-corrected chi connectivity index (χ1v) is 13.5. The molecule has 0 aromatic carbocycles. The fourth-order valence-corrected chi connectivity index (χ4v) is 6.03. The molecule has 0 spiro atoms. The Balaban J connectivity index is 0.000000318. The second-order valence-electron chi connectivity index (χ2n) is 11.3. The van der Waals surface area contributed by atoms with Crippen LogP contribution in [0.1, 0.15) is 143 Å². The highest BCUT2D eigenvalue weighted by Crippen LogP contribution is 2.41. The van der Waals surface area contributed by atoms with Crippen molar-refractivity contribution in [3.63, 3.8) is 0 Å². The van der Waals surface area contributed by atoms with E-state index in [-0.39, 0.29) is 17.0 Å². The lowest BCUT2D eigenvalue weighted by Gasteiger charge is -2.46. The van der Waals surface area contributed by atoms with Gasteiger partial charge in [-0.1, -0.05) is 97.8 Å². The Bertz CT molecular complexity index is 457. The van der Waals surface area contributed by atoms with Crippen LogP contribution < -0.4 is 17.2 Å². The lowest BCUT2D eigenvalue weighted by Crippen LogP contribution is -2.55. The Morgan fingerprint density at radius 3 is 1.58 bits per heavy atom. The summed E-state index contributed by atoms with van der Waals surface area (Å²) in [5, 5.41) is 0. The van der Waals surface area contributed by atoms with Crippen molar-refractivity contribution in [2.24, 2.45) is 29.0 Å². The minimum Gasteiger partial charge on any atom is -0.370 e. The summed E-state index contributed by atoms with van der Waals surface area (Å²) in [6.45, 7) is 6.92. The second-order valence-corrected chi connectivity index (χ2v) is 11.3. The van der Waals surface area contributed by atoms with Gasteiger partial charge in [0.1, 0.15) is 0 Å². The molecule has 0 radical (unpaired) electrons. The number of primary amides is 1. The van der Waals surface area contributed by atoms with Gasteiger partial charge in [-0.15, -0.1) is 0 Å². The predicted molar refractivity (Wildman–Crippen MR) is 135 cm³/mol. The van der Waals surface area contributed by atoms with Gasteiger partial charge < -0.3 is 17.2 Å². The molecule has 2 saturated carbocycles. The Labute approximate surface area is 193 Å². The van der Waals surface area contributed by atoms with E-state index in [2.05, 4.69) is 20.8 Å². The van der Waals surface area contributed by atoms with Gasteiger partial charge >= 0.3 is 0 Å². The molecule has 0 heterocycles. The van der Waals surface area contributed by atoms with Crippen LogP contribution in [0.4, 0.5) is 0 Å². The van der Waals surface area contributed by atoms with E-state index in [9.17, 15) is 4.79 Å². The van der Waals surface area contributed by atoms with Gasteiger partial charge in [-0.2, -0.15) is 0 Å². The molecular weight excluding hydrogens is 382 g/mol. The minimum absolute atomic E-state index is 0.0312. The zero-order chi connectivity index (χ0) is 23.2. The summed E-state index contributed by atoms with van der Waals surface area (Å²) >= 11 is 0. The molecule has 2 rings (SSSR count). The molecule has 2 aliphatic carbocycles. The smallest absolute Gasteiger partial charge is 0.217 e. The van der Waals surface area contributed by atoms with E-state index in [4.69, 9.17) is 17.2 Å². The van der Waals surface area contributed by atoms with Gasteiger partial charge in [0.05, 0.1) is 0 Å². The standard InChI is InChI=1S/C15H30N2.C12H25NO/c1-12-5-3-7-14(16,9-12)11-15(17)8-4-6-13(2)10-15;1-2-3-4-5-6-7-8-9-10-11-12(13)14/h12-13H,3-11,16-17H2,1-2H3;2-11H2,1H3,(H2,13,14). The molecule has 31 heavy (non-hydrogen) atoms. The average Bonchev–Trinajstić information content (AvgIpc) is 2.65. The molecule has 0 aromatic heterocycles. The molecule has 0 aliphatic heterocycles. The summed E-state index contributed by atoms with van der Waals surface area (Å²) in [5.74, 6) is 1.42. The summed E-state index contributed by atoms with van der Waals surface area (Å²) in [4.78, 5) is 10.4. The van der Waals surface area contributed by atoms with E-state index in [0.29, 0.717) is 6.42 Å². The Hall–Kier alpha value is -0.610. The van der Waals surface area contributed by atoms with Crippen LogP contribution in [0, 0.1) is 11.8 Å². The molecular formula is C27H55N3O. The summed E-state index contributed by atoms with van der Waals surface area (Å²) in [6, 6.07) is 0. The van der Waals surface area contributed by atoms with Gasteiger partial charge in [-0.25, -0.2) is 0 Å². The Morgan fingerprint density at radius 2 is 1.19 bits per heavy atom. The number of carbonyl (C=O) groups excluding carboxylic acids is 1. The molecule has 184 valence electrons. The number of amides is 1. The van der Waals surface area contributed by atoms with Gasteiger partial charge in [0, 0.05) is 17.5 Å². The maximum atomic E-state index is 10.4. The van der Waals surface area contributed by atoms with Crippen LogP contribution in [0.25, 0.3) is 0 Å². The first-order valence-electron chi connectivity index (χ1n) is 13.5. The van der Waals surface area contributed by atoms with Crippen molar-refractivity contribution < 1.29 is 4.79 Å². The number of rotatable bonds is 12. The van der Waals surface area contributed by atoms with Crippen LogP contribution in [0.3, 0.4) is 0 Å². The van der Waals surface area contributed by atoms with Gasteiger partial charge in [-0.3, -0.25) is 4.79 Å². The van der Waals surface area contributed by atoms with Crippen LogP contribution in [0.15, 0.2) is 0 Å². The lowest BCUT2D eigenvalue weighted by molar-refractivity contribution is -0.118. The van der Waals surface area contributed by atoms with Crippen LogP contribution >= 0.6 is 0 Å². The molecule has 4 heteroatoms. The number of carbonyl (C=O) groups is 1. The minimum atomic E-state index is -0.159. The van der Waals surface area contributed by atoms with Crippen molar-refractivity contribution in [3.8, 4) is 0 Å². The molecule has 4 unspecified atom stereocenters. The summed E-state index contributed by atoms with van der Waals surface area (Å²) in [6.07, 6.45) is 23.2. The number of unbranched alkanes of at least 4 members (excludes halogenated alkanes) is 8. The van der Waals surface area contributed by atoms with Crippen molar-refractivity contribution >= 4 is 5.91 Å². The topological polar surface area (TPSA) is 95.1 Å². The molecule has 6 N–H and O–H groups in total. The third-order valence-corrected chi connectivity index (χ3v) is 7.48. The zero-order valence-corrected chi connectivity index (χ0v) is 21.2. The fraction of sp³-hybridized carbons (Fsp3) is 0.963. The van der Waals surface area contributed by atoms with Crippen LogP contribution in [-0.2, 0) is 4.79 Å². The van der Waals surface area contributed by atoms with Gasteiger partial charge in [0.25, 0.3) is 0 Å². The number of nitrogens with two attached hydrogens (primary N) is 3. The van der Waals surface area contributed by atoms with Crippen molar-refractivity contribution in [1.29, 1.82) is 0 Å². The monoisotopic (exact) mass is 437 g/mol. The van der Waals surface area contributed by atoms with Gasteiger partial charge in [0.15, 0.2) is 0 Å². The van der Waals surface area contributed by atoms with Crippen LogP contribution in [0.2, 0.25) is 0 Å². The molecule has 0 saturated heterocycles. The fourth-order valence-electron chi connectivity index (χ4n) is 6.03. The van der Waals surface area contributed by atoms with Crippen molar-refractivity contribution in [1.82, 2.24) is 0 Å². The molecule has 2 fully saturated rings. The molecule has 4 nitrogen and oxygen atoms in total. The number of hydrogen-bond acceptors (Lipinski definition) is 3. The van der Waals surface area contributed by atoms with E-state index in [1.54, 1.807) is 0 Å². The molecule has 4 atom stereocenters. The van der Waals surface area contributed by atoms with Gasteiger partial charge in [-0.05, 0) is 50.4 Å². The maximum absolute atomic E-state index is 10.4. The van der Waals surface area contributed by atoms with E-state index in [0.717, 1.165) is 31.1 Å². The maximum Gasteiger partial charge on any atom is 0.217 e. The van der Waals surface area contributed by atoms with E-state index in [1.807, 2.05) is 0 Å². The summed E-state index contributed by atoms with van der Waals surface area (Å²) in [5.41, 5.74) is 18.4. The third-order valence-electron chi connectivity index (χ3n) is 7.48. The number of hydrogen-bond donors (Lipinski definition) is 3. The first kappa shape index (κ1) is 28.4. The summed E-state index contributed by atoms with van der Waals surface area (Å²) in [7, 11) is 0. The Kier molecular flexibility index (Phi) is 14.0. The first-order chi connectivity index (χ1) is 14.7. The zero-order valence-electron chi connectivity index (χ0n) is 21.2. The van der Waals surface area contributed by atoms with Gasteiger partial charge in [0.2, 0.25) is 5.91 Å². The van der Waals surface area contributed by atoms with E-state index < -0.39 is 0 Å². The molecule has 2 aliphatic rings. The third kappa shape index (κ3) is 13.5. The molecule has 0 bridgehead atoms. The predicted octanol–water partition coefficient (Wildman–Crippen LogP) is 6.58. The Morgan fingerprint density at radius 1 is 0.774 bits per heavy atom. The largest absolute Gasteiger partial charge is 0.370 e. The van der Waals surface area contributed by atoms with Crippen molar-refractivity contribution in [3.05, 3.63) is 0 Å². The summed E-state index contributed by atoms with van der Waals surface area (Å²) < 4.78 is 0. The lowest BCUT2D eigenvalue weighted by atomic mass is 9.66. The highest BCUT2D eigenvalue weighted by atomic mass is 16.1. The average molecular weight is 438 g/mol. The normalized spacial score (nSPS) is 31.0.